The van der Waals surface area contributed by atoms with Gasteiger partial charge in [-0.05, 0) is 19.4 Å². The summed E-state index contributed by atoms with van der Waals surface area (Å²) in [6.07, 6.45) is 1.79. The summed E-state index contributed by atoms with van der Waals surface area (Å²) in [7, 11) is 0. The Hall–Kier alpha value is -1.31. The van der Waals surface area contributed by atoms with Gasteiger partial charge in [-0.1, -0.05) is 30.1 Å². The molecule has 0 fully saturated rings. The van der Waals surface area contributed by atoms with Crippen molar-refractivity contribution in [3.63, 3.8) is 0 Å². The van der Waals surface area contributed by atoms with Crippen LogP contribution in [0.1, 0.15) is 30.6 Å². The lowest BCUT2D eigenvalue weighted by atomic mass is 10.0. The van der Waals surface area contributed by atoms with E-state index in [4.69, 9.17) is 28.5 Å². The summed E-state index contributed by atoms with van der Waals surface area (Å²) >= 11 is 11.5. The van der Waals surface area contributed by atoms with Gasteiger partial charge in [-0.25, -0.2) is 4.98 Å². The van der Waals surface area contributed by atoms with Crippen molar-refractivity contribution >= 4 is 29.1 Å². The minimum absolute atomic E-state index is 0.176. The molecule has 0 saturated carbocycles. The second-order valence-electron chi connectivity index (χ2n) is 3.74. The van der Waals surface area contributed by atoms with E-state index in [-0.39, 0.29) is 15.7 Å². The van der Waals surface area contributed by atoms with Crippen LogP contribution >= 0.6 is 23.2 Å². The third-order valence-corrected chi connectivity index (χ3v) is 2.92. The van der Waals surface area contributed by atoms with E-state index in [0.717, 1.165) is 0 Å². The Morgan fingerprint density at radius 1 is 1.65 bits per heavy atom. The Morgan fingerprint density at radius 2 is 2.29 bits per heavy atom. The Bertz CT molecular complexity index is 484. The summed E-state index contributed by atoms with van der Waals surface area (Å²) in [5.74, 6) is -0.440. The molecule has 0 saturated heterocycles. The molecule has 0 aromatic carbocycles. The number of aromatic nitrogens is 1. The lowest BCUT2D eigenvalue weighted by Crippen LogP contribution is -2.44. The molecule has 1 amide bonds. The highest BCUT2D eigenvalue weighted by molar-refractivity contribution is 6.35. The Balaban J connectivity index is 2.99. The fourth-order valence-corrected chi connectivity index (χ4v) is 1.45. The molecule has 17 heavy (non-hydrogen) atoms. The summed E-state index contributed by atoms with van der Waals surface area (Å²) < 4.78 is 0. The number of hydrogen-bond acceptors (Lipinski definition) is 3. The van der Waals surface area contributed by atoms with E-state index in [1.165, 1.54) is 12.3 Å². The highest BCUT2D eigenvalue weighted by Gasteiger charge is 2.25. The molecular formula is C11H11Cl2N3O. The number of amides is 1. The standard InChI is InChI=1S/C11H11Cl2N3O/c1-3-11(2,6-14)16-10(17)7-4-9(13)15-5-8(7)12/h4-5H,3H2,1-2H3,(H,16,17). The molecule has 0 bridgehead atoms. The molecule has 1 N–H and O–H groups in total. The maximum atomic E-state index is 11.9. The molecule has 4 nitrogen and oxygen atoms in total. The molecule has 1 unspecified atom stereocenters. The quantitative estimate of drug-likeness (QED) is 0.860. The number of nitriles is 1. The lowest BCUT2D eigenvalue weighted by molar-refractivity contribution is 0.0923. The van der Waals surface area contributed by atoms with Crippen LogP contribution in [0, 0.1) is 11.3 Å². The summed E-state index contributed by atoms with van der Waals surface area (Å²) in [6, 6.07) is 3.41. The zero-order valence-corrected chi connectivity index (χ0v) is 10.9. The van der Waals surface area contributed by atoms with Crippen molar-refractivity contribution in [1.29, 1.82) is 5.26 Å². The molecule has 0 radical (unpaired) electrons. The zero-order chi connectivity index (χ0) is 13.1. The molecule has 90 valence electrons. The van der Waals surface area contributed by atoms with Gasteiger partial charge in [0.05, 0.1) is 16.7 Å². The SMILES string of the molecule is CCC(C)(C#N)NC(=O)c1cc(Cl)ncc1Cl. The van der Waals surface area contributed by atoms with Gasteiger partial charge in [-0.2, -0.15) is 5.26 Å². The number of carbonyl (C=O) groups excluding carboxylic acids is 1. The predicted octanol–water partition coefficient (Wildman–Crippen LogP) is 2.81. The molecule has 1 heterocycles. The monoisotopic (exact) mass is 271 g/mol. The Labute approximate surface area is 110 Å². The summed E-state index contributed by atoms with van der Waals surface area (Å²) in [4.78, 5) is 15.7. The summed E-state index contributed by atoms with van der Waals surface area (Å²) in [6.45, 7) is 3.45. The van der Waals surface area contributed by atoms with Gasteiger partial charge >= 0.3 is 0 Å². The first kappa shape index (κ1) is 13.8. The molecule has 0 aliphatic carbocycles. The number of halogens is 2. The van der Waals surface area contributed by atoms with Crippen LogP contribution in [-0.2, 0) is 0 Å². The second-order valence-corrected chi connectivity index (χ2v) is 4.53. The molecule has 0 aliphatic heterocycles. The van der Waals surface area contributed by atoms with Gasteiger partial charge in [0.1, 0.15) is 10.7 Å². The first-order valence-electron chi connectivity index (χ1n) is 4.96. The third kappa shape index (κ3) is 3.32. The first-order valence-corrected chi connectivity index (χ1v) is 5.72. The van der Waals surface area contributed by atoms with Gasteiger partial charge in [0.25, 0.3) is 5.91 Å². The van der Waals surface area contributed by atoms with Crippen LogP contribution in [0.3, 0.4) is 0 Å². The molecule has 0 aliphatic rings. The average Bonchev–Trinajstić information content (AvgIpc) is 2.32. The summed E-state index contributed by atoms with van der Waals surface area (Å²) in [5.41, 5.74) is -0.711. The van der Waals surface area contributed by atoms with E-state index in [1.54, 1.807) is 6.92 Å². The van der Waals surface area contributed by atoms with Crippen molar-refractivity contribution in [3.8, 4) is 6.07 Å². The number of nitrogens with one attached hydrogen (secondary N) is 1. The van der Waals surface area contributed by atoms with Gasteiger partial charge in [-0.3, -0.25) is 4.79 Å². The topological polar surface area (TPSA) is 65.8 Å². The molecule has 0 spiro atoms. The van der Waals surface area contributed by atoms with Crippen LogP contribution < -0.4 is 5.32 Å². The molecular weight excluding hydrogens is 261 g/mol. The third-order valence-electron chi connectivity index (χ3n) is 2.41. The largest absolute Gasteiger partial charge is 0.334 e. The maximum absolute atomic E-state index is 11.9. The van der Waals surface area contributed by atoms with E-state index < -0.39 is 11.4 Å². The second kappa shape index (κ2) is 5.35. The lowest BCUT2D eigenvalue weighted by Gasteiger charge is -2.21. The zero-order valence-electron chi connectivity index (χ0n) is 9.42. The minimum atomic E-state index is -0.920. The van der Waals surface area contributed by atoms with Crippen molar-refractivity contribution in [2.75, 3.05) is 0 Å². The van der Waals surface area contributed by atoms with Gasteiger partial charge in [0, 0.05) is 6.20 Å². The van der Waals surface area contributed by atoms with Crippen LogP contribution in [0.5, 0.6) is 0 Å². The normalized spacial score (nSPS) is 13.6. The first-order chi connectivity index (χ1) is 7.91. The van der Waals surface area contributed by atoms with Gasteiger partial charge in [0.2, 0.25) is 0 Å². The van der Waals surface area contributed by atoms with Crippen LogP contribution in [0.2, 0.25) is 10.2 Å². The number of rotatable bonds is 3. The fraction of sp³-hybridized carbons (Fsp3) is 0.364. The van der Waals surface area contributed by atoms with Crippen molar-refractivity contribution in [2.24, 2.45) is 0 Å². The fourth-order valence-electron chi connectivity index (χ4n) is 1.10. The molecule has 6 heteroatoms. The molecule has 1 aromatic rings. The Kier molecular flexibility index (Phi) is 4.33. The number of carbonyl (C=O) groups is 1. The van der Waals surface area contributed by atoms with Crippen LogP contribution in [-0.4, -0.2) is 16.4 Å². The van der Waals surface area contributed by atoms with E-state index in [1.807, 2.05) is 13.0 Å². The predicted molar refractivity (Wildman–Crippen MR) is 66.0 cm³/mol. The van der Waals surface area contributed by atoms with Gasteiger partial charge in [-0.15, -0.1) is 0 Å². The molecule has 1 rings (SSSR count). The van der Waals surface area contributed by atoms with E-state index in [0.29, 0.717) is 6.42 Å². The minimum Gasteiger partial charge on any atom is -0.334 e. The Morgan fingerprint density at radius 3 is 2.82 bits per heavy atom. The van der Waals surface area contributed by atoms with Crippen LogP contribution in [0.4, 0.5) is 0 Å². The number of pyridine rings is 1. The van der Waals surface area contributed by atoms with Gasteiger partial charge < -0.3 is 5.32 Å². The highest BCUT2D eigenvalue weighted by atomic mass is 35.5. The average molecular weight is 272 g/mol. The van der Waals surface area contributed by atoms with Crippen molar-refractivity contribution in [1.82, 2.24) is 10.3 Å². The number of nitrogens with zero attached hydrogens (tertiary/aromatic N) is 2. The van der Waals surface area contributed by atoms with Crippen molar-refractivity contribution in [2.45, 2.75) is 25.8 Å². The van der Waals surface area contributed by atoms with E-state index in [2.05, 4.69) is 10.3 Å². The molecule has 1 atom stereocenters. The number of hydrogen-bond donors (Lipinski definition) is 1. The highest BCUT2D eigenvalue weighted by Crippen LogP contribution is 2.19. The smallest absolute Gasteiger partial charge is 0.254 e. The van der Waals surface area contributed by atoms with Crippen LogP contribution in [0.25, 0.3) is 0 Å². The van der Waals surface area contributed by atoms with Crippen LogP contribution in [0.15, 0.2) is 12.3 Å². The van der Waals surface area contributed by atoms with E-state index >= 15 is 0 Å². The van der Waals surface area contributed by atoms with Gasteiger partial charge in [0.15, 0.2) is 0 Å². The van der Waals surface area contributed by atoms with E-state index in [9.17, 15) is 4.79 Å². The maximum Gasteiger partial charge on any atom is 0.254 e. The van der Waals surface area contributed by atoms with Crippen molar-refractivity contribution in [3.05, 3.63) is 28.0 Å². The summed E-state index contributed by atoms with van der Waals surface area (Å²) in [5, 5.41) is 11.9. The molecule has 1 aromatic heterocycles. The van der Waals surface area contributed by atoms with Crippen molar-refractivity contribution < 1.29 is 4.79 Å².